The van der Waals surface area contributed by atoms with Crippen LogP contribution >= 0.6 is 0 Å². The summed E-state index contributed by atoms with van der Waals surface area (Å²) in [6, 6.07) is 0. The highest BCUT2D eigenvalue weighted by Gasteiger charge is 2.51. The van der Waals surface area contributed by atoms with Crippen molar-refractivity contribution in [3.63, 3.8) is 0 Å². The lowest BCUT2D eigenvalue weighted by Gasteiger charge is -2.28. The molecule has 3 aliphatic rings. The van der Waals surface area contributed by atoms with Gasteiger partial charge in [0.25, 0.3) is 0 Å². The largest absolute Gasteiger partial charge is 0.325 e. The molecule has 1 aliphatic carbocycles. The zero-order valence-corrected chi connectivity index (χ0v) is 13.7. The minimum absolute atomic E-state index is 0.200. The van der Waals surface area contributed by atoms with Crippen molar-refractivity contribution in [2.45, 2.75) is 70.5 Å². The summed E-state index contributed by atoms with van der Waals surface area (Å²) in [4.78, 5) is 17.6. The first-order valence-electron chi connectivity index (χ1n) is 8.96. The van der Waals surface area contributed by atoms with Crippen molar-refractivity contribution in [2.75, 3.05) is 26.2 Å². The van der Waals surface area contributed by atoms with Crippen LogP contribution in [0.4, 0.5) is 0 Å². The third-order valence-electron chi connectivity index (χ3n) is 5.61. The molecular weight excluding hydrogens is 262 g/mol. The summed E-state index contributed by atoms with van der Waals surface area (Å²) in [6.07, 6.45) is 8.45. The van der Waals surface area contributed by atoms with Gasteiger partial charge in [-0.2, -0.15) is 0 Å². The van der Waals surface area contributed by atoms with Gasteiger partial charge in [-0.05, 0) is 51.1 Å². The Morgan fingerprint density at radius 3 is 2.48 bits per heavy atom. The predicted molar refractivity (Wildman–Crippen MR) is 85.0 cm³/mol. The number of nitrogens with zero attached hydrogens (tertiary/aromatic N) is 2. The van der Waals surface area contributed by atoms with E-state index in [1.54, 1.807) is 0 Å². The van der Waals surface area contributed by atoms with Crippen LogP contribution in [-0.4, -0.2) is 53.6 Å². The topological polar surface area (TPSA) is 35.6 Å². The molecule has 0 aromatic rings. The Kier molecular flexibility index (Phi) is 4.55. The van der Waals surface area contributed by atoms with E-state index in [2.05, 4.69) is 29.0 Å². The zero-order valence-electron chi connectivity index (χ0n) is 13.7. The van der Waals surface area contributed by atoms with E-state index in [1.165, 1.54) is 38.8 Å². The molecule has 2 aliphatic heterocycles. The fourth-order valence-electron chi connectivity index (χ4n) is 4.54. The van der Waals surface area contributed by atoms with Crippen molar-refractivity contribution in [1.82, 2.24) is 15.1 Å². The van der Waals surface area contributed by atoms with Crippen LogP contribution in [0, 0.1) is 5.92 Å². The van der Waals surface area contributed by atoms with Gasteiger partial charge in [0.1, 0.15) is 0 Å². The normalized spacial score (nSPS) is 30.7. The predicted octanol–water partition coefficient (Wildman–Crippen LogP) is 2.20. The van der Waals surface area contributed by atoms with E-state index in [0.29, 0.717) is 11.8 Å². The lowest BCUT2D eigenvalue weighted by molar-refractivity contribution is -0.133. The minimum Gasteiger partial charge on any atom is -0.325 e. The molecule has 0 aromatic heterocycles. The summed E-state index contributed by atoms with van der Waals surface area (Å²) in [7, 11) is 0. The molecule has 2 atom stereocenters. The van der Waals surface area contributed by atoms with Crippen molar-refractivity contribution in [1.29, 1.82) is 0 Å². The number of carbonyl (C=O) groups excluding carboxylic acids is 1. The van der Waals surface area contributed by atoms with Crippen molar-refractivity contribution in [2.24, 2.45) is 5.92 Å². The van der Waals surface area contributed by atoms with Gasteiger partial charge in [-0.3, -0.25) is 10.1 Å². The minimum atomic E-state index is -0.200. The number of carbonyl (C=O) groups is 1. The molecule has 1 saturated carbocycles. The molecule has 2 saturated heterocycles. The van der Waals surface area contributed by atoms with Gasteiger partial charge in [0.05, 0.1) is 11.7 Å². The molecule has 2 heterocycles. The van der Waals surface area contributed by atoms with Gasteiger partial charge in [0.15, 0.2) is 0 Å². The van der Waals surface area contributed by atoms with Crippen molar-refractivity contribution in [3.8, 4) is 0 Å². The molecule has 0 radical (unpaired) electrons. The zero-order chi connectivity index (χ0) is 14.9. The first-order valence-corrected chi connectivity index (χ1v) is 8.96. The van der Waals surface area contributed by atoms with Crippen molar-refractivity contribution >= 4 is 5.91 Å². The van der Waals surface area contributed by atoms with Crippen LogP contribution < -0.4 is 5.32 Å². The molecule has 0 aromatic carbocycles. The van der Waals surface area contributed by atoms with Crippen molar-refractivity contribution < 1.29 is 4.79 Å². The molecule has 0 bridgehead atoms. The van der Waals surface area contributed by atoms with Crippen LogP contribution in [0.15, 0.2) is 0 Å². The van der Waals surface area contributed by atoms with E-state index in [-0.39, 0.29) is 11.7 Å². The molecule has 1 spiro atoms. The second-order valence-electron chi connectivity index (χ2n) is 7.43. The Morgan fingerprint density at radius 1 is 1.19 bits per heavy atom. The van der Waals surface area contributed by atoms with E-state index >= 15 is 0 Å². The number of likely N-dealkylation sites (tertiary alicyclic amines) is 1. The summed E-state index contributed by atoms with van der Waals surface area (Å²) >= 11 is 0. The Morgan fingerprint density at radius 2 is 1.86 bits per heavy atom. The Balaban J connectivity index is 1.61. The Labute approximate surface area is 129 Å². The highest BCUT2D eigenvalue weighted by atomic mass is 16.2. The Bertz CT molecular complexity index is 372. The quantitative estimate of drug-likeness (QED) is 0.844. The highest BCUT2D eigenvalue weighted by Crippen LogP contribution is 2.37. The lowest BCUT2D eigenvalue weighted by atomic mass is 9.97. The van der Waals surface area contributed by atoms with Crippen LogP contribution in [-0.2, 0) is 4.79 Å². The van der Waals surface area contributed by atoms with Gasteiger partial charge in [0.2, 0.25) is 5.91 Å². The van der Waals surface area contributed by atoms with E-state index in [9.17, 15) is 4.79 Å². The molecule has 1 amide bonds. The first-order chi connectivity index (χ1) is 10.1. The third kappa shape index (κ3) is 2.98. The Hall–Kier alpha value is -0.610. The SMILES string of the molecule is CCC1NC2(CCCC2)C(=O)N1CC(C)CN1CCCC1. The fraction of sp³-hybridized carbons (Fsp3) is 0.941. The monoisotopic (exact) mass is 293 g/mol. The molecule has 3 fully saturated rings. The lowest BCUT2D eigenvalue weighted by Crippen LogP contribution is -2.44. The second kappa shape index (κ2) is 6.25. The highest BCUT2D eigenvalue weighted by molar-refractivity contribution is 5.89. The summed E-state index contributed by atoms with van der Waals surface area (Å²) < 4.78 is 0. The smallest absolute Gasteiger partial charge is 0.244 e. The molecule has 1 N–H and O–H groups in total. The molecule has 3 rings (SSSR count). The van der Waals surface area contributed by atoms with Crippen molar-refractivity contribution in [3.05, 3.63) is 0 Å². The number of rotatable bonds is 5. The number of nitrogens with one attached hydrogen (secondary N) is 1. The number of hydrogen-bond acceptors (Lipinski definition) is 3. The van der Waals surface area contributed by atoms with Gasteiger partial charge in [-0.1, -0.05) is 26.7 Å². The van der Waals surface area contributed by atoms with Crippen LogP contribution in [0.2, 0.25) is 0 Å². The van der Waals surface area contributed by atoms with Crippen LogP contribution in [0.5, 0.6) is 0 Å². The van der Waals surface area contributed by atoms with Crippen LogP contribution in [0.1, 0.15) is 58.8 Å². The van der Waals surface area contributed by atoms with E-state index < -0.39 is 0 Å². The molecule has 21 heavy (non-hydrogen) atoms. The maximum absolute atomic E-state index is 12.9. The average molecular weight is 293 g/mol. The van der Waals surface area contributed by atoms with Gasteiger partial charge in [-0.25, -0.2) is 0 Å². The molecule has 4 nitrogen and oxygen atoms in total. The first kappa shape index (κ1) is 15.3. The third-order valence-corrected chi connectivity index (χ3v) is 5.61. The fourth-order valence-corrected chi connectivity index (χ4v) is 4.54. The molecular formula is C17H31N3O. The molecule has 120 valence electrons. The van der Waals surface area contributed by atoms with E-state index in [0.717, 1.165) is 32.4 Å². The maximum atomic E-state index is 12.9. The van der Waals surface area contributed by atoms with E-state index in [1.807, 2.05) is 0 Å². The molecule has 4 heteroatoms. The van der Waals surface area contributed by atoms with Gasteiger partial charge in [0, 0.05) is 13.1 Å². The summed E-state index contributed by atoms with van der Waals surface area (Å²) in [6.45, 7) is 9.06. The van der Waals surface area contributed by atoms with Crippen LogP contribution in [0.25, 0.3) is 0 Å². The maximum Gasteiger partial charge on any atom is 0.244 e. The van der Waals surface area contributed by atoms with Gasteiger partial charge >= 0.3 is 0 Å². The molecule has 2 unspecified atom stereocenters. The second-order valence-corrected chi connectivity index (χ2v) is 7.43. The standard InChI is InChI=1S/C17H31N3O/c1-3-15-18-17(8-4-5-9-17)16(21)20(15)13-14(2)12-19-10-6-7-11-19/h14-15,18H,3-13H2,1-2H3. The number of hydrogen-bond donors (Lipinski definition) is 1. The number of amides is 1. The van der Waals surface area contributed by atoms with Crippen LogP contribution in [0.3, 0.4) is 0 Å². The summed E-state index contributed by atoms with van der Waals surface area (Å²) in [5.74, 6) is 0.958. The van der Waals surface area contributed by atoms with Gasteiger partial charge < -0.3 is 9.80 Å². The summed E-state index contributed by atoms with van der Waals surface area (Å²) in [5, 5.41) is 3.68. The summed E-state index contributed by atoms with van der Waals surface area (Å²) in [5.41, 5.74) is -0.200. The van der Waals surface area contributed by atoms with E-state index in [4.69, 9.17) is 0 Å². The average Bonchev–Trinajstić information content (AvgIpc) is 3.18. The van der Waals surface area contributed by atoms with Gasteiger partial charge in [-0.15, -0.1) is 0 Å².